The van der Waals surface area contributed by atoms with Crippen LogP contribution in [0.1, 0.15) is 47.5 Å². The Morgan fingerprint density at radius 2 is 1.81 bits per heavy atom. The van der Waals surface area contributed by atoms with Crippen molar-refractivity contribution >= 4 is 11.8 Å². The molecule has 0 aromatic heterocycles. The average molecular weight is 300 g/mol. The molecule has 2 rings (SSSR count). The van der Waals surface area contributed by atoms with Gasteiger partial charge in [0.25, 0.3) is 0 Å². The molecule has 0 bridgehead atoms. The summed E-state index contributed by atoms with van der Waals surface area (Å²) >= 11 is 0. The number of ether oxygens (including phenoxy) is 4. The van der Waals surface area contributed by atoms with E-state index in [1.807, 2.05) is 27.7 Å². The summed E-state index contributed by atoms with van der Waals surface area (Å²) < 4.78 is 22.8. The van der Waals surface area contributed by atoms with E-state index >= 15 is 0 Å². The molecule has 6 nitrogen and oxygen atoms in total. The summed E-state index contributed by atoms with van der Waals surface area (Å²) in [7, 11) is 0. The van der Waals surface area contributed by atoms with Crippen molar-refractivity contribution in [1.82, 2.24) is 0 Å². The Labute approximate surface area is 125 Å². The van der Waals surface area contributed by atoms with Crippen LogP contribution >= 0.6 is 0 Å². The molecule has 0 aliphatic carbocycles. The third kappa shape index (κ3) is 3.81. The van der Waals surface area contributed by atoms with Gasteiger partial charge in [0.1, 0.15) is 18.0 Å². The van der Waals surface area contributed by atoms with E-state index < -0.39 is 18.2 Å². The smallest absolute Gasteiger partial charge is 0.306 e. The van der Waals surface area contributed by atoms with Crippen LogP contribution in [0, 0.1) is 5.92 Å². The van der Waals surface area contributed by atoms with Gasteiger partial charge in [-0.25, -0.2) is 0 Å². The van der Waals surface area contributed by atoms with Crippen molar-refractivity contribution in [3.05, 3.63) is 0 Å². The zero-order valence-electron chi connectivity index (χ0n) is 13.3. The molecule has 21 heavy (non-hydrogen) atoms. The van der Waals surface area contributed by atoms with Gasteiger partial charge in [-0.15, -0.1) is 0 Å². The first-order valence-electron chi connectivity index (χ1n) is 7.39. The van der Waals surface area contributed by atoms with E-state index in [1.165, 1.54) is 6.92 Å². The third-order valence-corrected chi connectivity index (χ3v) is 3.88. The van der Waals surface area contributed by atoms with Gasteiger partial charge < -0.3 is 23.7 Å². The first-order valence-corrected chi connectivity index (χ1v) is 7.39. The summed E-state index contributed by atoms with van der Waals surface area (Å²) in [4.78, 5) is 22.7. The van der Waals surface area contributed by atoms with Crippen LogP contribution in [0.4, 0.5) is 0 Å². The fourth-order valence-electron chi connectivity index (χ4n) is 2.81. The number of esters is 1. The van der Waals surface area contributed by atoms with Gasteiger partial charge in [-0.3, -0.25) is 4.79 Å². The van der Waals surface area contributed by atoms with Gasteiger partial charge >= 0.3 is 5.97 Å². The second kappa shape index (κ2) is 6.02. The molecule has 0 saturated carbocycles. The molecule has 0 radical (unpaired) electrons. The molecule has 0 spiro atoms. The monoisotopic (exact) mass is 300 g/mol. The average Bonchev–Trinajstić information content (AvgIpc) is 2.66. The number of carbonyl (C=O) groups is 2. The Morgan fingerprint density at radius 1 is 1.14 bits per heavy atom. The first kappa shape index (κ1) is 16.4. The second-order valence-corrected chi connectivity index (χ2v) is 6.33. The lowest BCUT2D eigenvalue weighted by Crippen LogP contribution is -2.52. The molecule has 0 aromatic carbocycles. The summed E-state index contributed by atoms with van der Waals surface area (Å²) in [5.74, 6) is -1.14. The molecular formula is C15H24O6. The Bertz CT molecular complexity index is 418. The Kier molecular flexibility index (Phi) is 4.70. The predicted molar refractivity (Wildman–Crippen MR) is 73.3 cm³/mol. The Morgan fingerprint density at radius 3 is 2.43 bits per heavy atom. The summed E-state index contributed by atoms with van der Waals surface area (Å²) in [6.07, 6.45) is -1.07. The Hall–Kier alpha value is -0.980. The van der Waals surface area contributed by atoms with Crippen molar-refractivity contribution in [3.8, 4) is 0 Å². The number of carbonyl (C=O) groups excluding carboxylic acids is 2. The molecule has 2 heterocycles. The molecular weight excluding hydrogens is 276 g/mol. The summed E-state index contributed by atoms with van der Waals surface area (Å²) in [6, 6.07) is 0. The predicted octanol–water partition coefficient (Wildman–Crippen LogP) is 1.80. The second-order valence-electron chi connectivity index (χ2n) is 6.33. The van der Waals surface area contributed by atoms with Crippen LogP contribution in [0.15, 0.2) is 0 Å². The molecule has 2 saturated heterocycles. The third-order valence-electron chi connectivity index (χ3n) is 3.88. The zero-order chi connectivity index (χ0) is 15.8. The van der Waals surface area contributed by atoms with E-state index in [9.17, 15) is 9.59 Å². The van der Waals surface area contributed by atoms with E-state index in [-0.39, 0.29) is 42.7 Å². The molecule has 0 N–H and O–H groups in total. The highest BCUT2D eigenvalue weighted by Gasteiger charge is 2.52. The van der Waals surface area contributed by atoms with Gasteiger partial charge in [-0.1, -0.05) is 6.92 Å². The lowest BCUT2D eigenvalue weighted by molar-refractivity contribution is -0.239. The molecule has 2 fully saturated rings. The van der Waals surface area contributed by atoms with Crippen molar-refractivity contribution in [3.63, 3.8) is 0 Å². The van der Waals surface area contributed by atoms with Crippen LogP contribution in [0.5, 0.6) is 0 Å². The fourth-order valence-corrected chi connectivity index (χ4v) is 2.81. The minimum absolute atomic E-state index is 0.0257. The maximum absolute atomic E-state index is 11.8. The van der Waals surface area contributed by atoms with Crippen molar-refractivity contribution in [2.24, 2.45) is 5.92 Å². The minimum Gasteiger partial charge on any atom is -0.459 e. The van der Waals surface area contributed by atoms with Crippen LogP contribution < -0.4 is 0 Å². The molecule has 120 valence electrons. The van der Waals surface area contributed by atoms with Crippen LogP contribution in [-0.4, -0.2) is 42.1 Å². The lowest BCUT2D eigenvalue weighted by Gasteiger charge is -2.39. The first-order chi connectivity index (χ1) is 9.69. The number of hydrogen-bond donors (Lipinski definition) is 0. The van der Waals surface area contributed by atoms with Crippen LogP contribution in [0.2, 0.25) is 0 Å². The zero-order valence-corrected chi connectivity index (χ0v) is 13.3. The van der Waals surface area contributed by atoms with Gasteiger partial charge in [0, 0.05) is 12.3 Å². The molecule has 0 aromatic rings. The molecule has 2 aliphatic heterocycles. The number of hydrogen-bond acceptors (Lipinski definition) is 6. The summed E-state index contributed by atoms with van der Waals surface area (Å²) in [6.45, 7) is 8.94. The fraction of sp³-hybridized carbons (Fsp3) is 0.867. The van der Waals surface area contributed by atoms with Gasteiger partial charge in [0.2, 0.25) is 0 Å². The normalized spacial score (nSPS) is 37.9. The standard InChI is InChI=1S/C15H24O6/c1-8(16)6-7-11(17)19-12-9(2)13-14(18-10(12)3)21-15(4,5)20-13/h9-10,12-14H,6-7H2,1-5H3/t9?,10?,12-,13-,14-/m0/s1. The SMILES string of the molecule is CC(=O)CCC(=O)O[C@@H]1C(C)O[C@H]2OC(C)(C)O[C@H]2C1C. The van der Waals surface area contributed by atoms with Crippen LogP contribution in [0.3, 0.4) is 0 Å². The van der Waals surface area contributed by atoms with Crippen molar-refractivity contribution < 1.29 is 28.5 Å². The van der Waals surface area contributed by atoms with E-state index in [0.717, 1.165) is 0 Å². The highest BCUT2D eigenvalue weighted by Crippen LogP contribution is 2.39. The maximum atomic E-state index is 11.8. The molecule has 2 aliphatic rings. The van der Waals surface area contributed by atoms with E-state index in [1.54, 1.807) is 0 Å². The number of rotatable bonds is 4. The minimum atomic E-state index is -0.698. The van der Waals surface area contributed by atoms with Gasteiger partial charge in [0.05, 0.1) is 12.5 Å². The summed E-state index contributed by atoms with van der Waals surface area (Å²) in [5.41, 5.74) is 0. The topological polar surface area (TPSA) is 71.1 Å². The van der Waals surface area contributed by atoms with Crippen molar-refractivity contribution in [2.45, 2.75) is 77.8 Å². The molecule has 2 unspecified atom stereocenters. The van der Waals surface area contributed by atoms with Crippen molar-refractivity contribution in [1.29, 1.82) is 0 Å². The van der Waals surface area contributed by atoms with Crippen LogP contribution in [-0.2, 0) is 28.5 Å². The molecule has 6 heteroatoms. The highest BCUT2D eigenvalue weighted by atomic mass is 16.8. The van der Waals surface area contributed by atoms with Gasteiger partial charge in [0.15, 0.2) is 12.1 Å². The van der Waals surface area contributed by atoms with E-state index in [2.05, 4.69) is 0 Å². The maximum Gasteiger partial charge on any atom is 0.306 e. The molecule has 0 amide bonds. The number of Topliss-reactive ketones (excluding diaryl/α,β-unsaturated/α-hetero) is 1. The quantitative estimate of drug-likeness (QED) is 0.737. The van der Waals surface area contributed by atoms with E-state index in [4.69, 9.17) is 18.9 Å². The van der Waals surface area contributed by atoms with Crippen molar-refractivity contribution in [2.75, 3.05) is 0 Å². The Balaban J connectivity index is 1.97. The van der Waals surface area contributed by atoms with Crippen LogP contribution in [0.25, 0.3) is 0 Å². The van der Waals surface area contributed by atoms with Gasteiger partial charge in [-0.2, -0.15) is 0 Å². The van der Waals surface area contributed by atoms with E-state index in [0.29, 0.717) is 0 Å². The number of fused-ring (bicyclic) bond motifs is 1. The lowest BCUT2D eigenvalue weighted by atomic mass is 9.91. The van der Waals surface area contributed by atoms with Gasteiger partial charge in [-0.05, 0) is 27.7 Å². The summed E-state index contributed by atoms with van der Waals surface area (Å²) in [5, 5.41) is 0. The highest BCUT2D eigenvalue weighted by molar-refractivity contribution is 5.81. The number of ketones is 1. The molecule has 5 atom stereocenters. The largest absolute Gasteiger partial charge is 0.459 e.